The number of aromatic nitrogens is 3. The van der Waals surface area contributed by atoms with Crippen LogP contribution >= 0.6 is 11.8 Å². The summed E-state index contributed by atoms with van der Waals surface area (Å²) < 4.78 is 13.5. The molecule has 0 amide bonds. The average Bonchev–Trinajstić information content (AvgIpc) is 3.17. The Balaban J connectivity index is 1.70. The van der Waals surface area contributed by atoms with Crippen LogP contribution in [0.25, 0.3) is 17.1 Å². The van der Waals surface area contributed by atoms with E-state index in [1.54, 1.807) is 18.9 Å². The molecule has 0 bridgehead atoms. The highest BCUT2D eigenvalue weighted by atomic mass is 32.2. The number of methoxy groups -OCH3 is 1. The number of nitrogens with zero attached hydrogens (tertiary/aromatic N) is 3. The summed E-state index contributed by atoms with van der Waals surface area (Å²) in [4.78, 5) is 0. The first kappa shape index (κ1) is 18.1. The second kappa shape index (κ2) is 8.59. The second-order valence-corrected chi connectivity index (χ2v) is 7.46. The van der Waals surface area contributed by atoms with Gasteiger partial charge in [-0.1, -0.05) is 42.1 Å². The molecule has 1 aliphatic rings. The van der Waals surface area contributed by atoms with E-state index in [4.69, 9.17) is 9.47 Å². The number of hydrogen-bond donors (Lipinski definition) is 0. The van der Waals surface area contributed by atoms with E-state index in [9.17, 15) is 0 Å². The van der Waals surface area contributed by atoms with Crippen molar-refractivity contribution in [3.63, 3.8) is 0 Å². The molecule has 0 radical (unpaired) electrons. The summed E-state index contributed by atoms with van der Waals surface area (Å²) in [5.41, 5.74) is 1.97. The molecule has 1 fully saturated rings. The number of para-hydroxylation sites is 2. The molecular weight excluding hydrogens is 358 g/mol. The van der Waals surface area contributed by atoms with Crippen LogP contribution in [0.2, 0.25) is 0 Å². The minimum atomic E-state index is 0.291. The predicted molar refractivity (Wildman–Crippen MR) is 108 cm³/mol. The summed E-state index contributed by atoms with van der Waals surface area (Å²) in [5, 5.41) is 9.87. The van der Waals surface area contributed by atoms with Crippen molar-refractivity contribution < 1.29 is 9.47 Å². The molecule has 0 N–H and O–H groups in total. The Bertz CT molecular complexity index is 876. The summed E-state index contributed by atoms with van der Waals surface area (Å²) >= 11 is 1.70. The van der Waals surface area contributed by atoms with Crippen LogP contribution in [-0.4, -0.2) is 40.3 Å². The summed E-state index contributed by atoms with van der Waals surface area (Å²) in [7, 11) is 1.68. The smallest absolute Gasteiger partial charge is 0.196 e. The van der Waals surface area contributed by atoms with E-state index in [0.29, 0.717) is 6.10 Å². The fraction of sp³-hybridized carbons (Fsp3) is 0.333. The van der Waals surface area contributed by atoms with Crippen LogP contribution in [-0.2, 0) is 4.74 Å². The zero-order valence-electron chi connectivity index (χ0n) is 15.4. The highest BCUT2D eigenvalue weighted by Crippen LogP contribution is 2.33. The molecule has 4 rings (SSSR count). The largest absolute Gasteiger partial charge is 0.496 e. The van der Waals surface area contributed by atoms with Gasteiger partial charge in [-0.2, -0.15) is 0 Å². The molecule has 6 heteroatoms. The number of rotatable bonds is 6. The van der Waals surface area contributed by atoms with E-state index in [0.717, 1.165) is 46.8 Å². The van der Waals surface area contributed by atoms with Crippen molar-refractivity contribution >= 4 is 11.8 Å². The minimum absolute atomic E-state index is 0.291. The number of benzene rings is 2. The van der Waals surface area contributed by atoms with Gasteiger partial charge < -0.3 is 9.47 Å². The average molecular weight is 382 g/mol. The second-order valence-electron chi connectivity index (χ2n) is 6.48. The van der Waals surface area contributed by atoms with E-state index >= 15 is 0 Å². The highest BCUT2D eigenvalue weighted by Gasteiger charge is 2.21. The molecule has 2 aromatic carbocycles. The van der Waals surface area contributed by atoms with Crippen molar-refractivity contribution in [2.75, 3.05) is 19.5 Å². The van der Waals surface area contributed by atoms with Crippen LogP contribution in [0.15, 0.2) is 59.8 Å². The Kier molecular flexibility index (Phi) is 5.75. The first-order valence-corrected chi connectivity index (χ1v) is 10.2. The van der Waals surface area contributed by atoms with Crippen molar-refractivity contribution in [3.05, 3.63) is 54.6 Å². The molecule has 27 heavy (non-hydrogen) atoms. The van der Waals surface area contributed by atoms with Crippen LogP contribution in [0, 0.1) is 0 Å². The van der Waals surface area contributed by atoms with Gasteiger partial charge in [0.25, 0.3) is 0 Å². The van der Waals surface area contributed by atoms with E-state index in [1.165, 1.54) is 12.8 Å². The van der Waals surface area contributed by atoms with Gasteiger partial charge in [-0.15, -0.1) is 10.2 Å². The van der Waals surface area contributed by atoms with Crippen LogP contribution in [0.5, 0.6) is 5.75 Å². The zero-order chi connectivity index (χ0) is 18.5. The lowest BCUT2D eigenvalue weighted by atomic mass is 10.1. The Morgan fingerprint density at radius 2 is 1.89 bits per heavy atom. The van der Waals surface area contributed by atoms with Crippen molar-refractivity contribution in [1.29, 1.82) is 0 Å². The van der Waals surface area contributed by atoms with Crippen LogP contribution < -0.4 is 4.74 Å². The summed E-state index contributed by atoms with van der Waals surface area (Å²) in [5.74, 6) is 2.46. The van der Waals surface area contributed by atoms with Crippen LogP contribution in [0.1, 0.15) is 19.3 Å². The molecule has 1 saturated heterocycles. The lowest BCUT2D eigenvalue weighted by Crippen LogP contribution is -2.21. The lowest BCUT2D eigenvalue weighted by molar-refractivity contribution is 0.0315. The van der Waals surface area contributed by atoms with E-state index in [-0.39, 0.29) is 0 Å². The Morgan fingerprint density at radius 3 is 2.67 bits per heavy atom. The summed E-state index contributed by atoms with van der Waals surface area (Å²) in [6, 6.07) is 18.1. The summed E-state index contributed by atoms with van der Waals surface area (Å²) in [6.07, 6.45) is 3.81. The quantitative estimate of drug-likeness (QED) is 0.584. The maximum atomic E-state index is 5.87. The topological polar surface area (TPSA) is 49.2 Å². The van der Waals surface area contributed by atoms with E-state index < -0.39 is 0 Å². The molecule has 140 valence electrons. The van der Waals surface area contributed by atoms with Crippen molar-refractivity contribution in [2.24, 2.45) is 0 Å². The third-order valence-electron chi connectivity index (χ3n) is 4.67. The van der Waals surface area contributed by atoms with Gasteiger partial charge in [0.15, 0.2) is 11.0 Å². The fourth-order valence-electron chi connectivity index (χ4n) is 3.28. The third-order valence-corrected chi connectivity index (χ3v) is 5.73. The molecule has 0 unspecified atom stereocenters. The number of ether oxygens (including phenoxy) is 2. The van der Waals surface area contributed by atoms with Gasteiger partial charge in [0.2, 0.25) is 0 Å². The molecule has 0 aliphatic carbocycles. The van der Waals surface area contributed by atoms with Gasteiger partial charge in [-0.3, -0.25) is 4.57 Å². The molecule has 0 saturated carbocycles. The molecule has 0 spiro atoms. The predicted octanol–water partition coefficient (Wildman–Crippen LogP) is 4.60. The van der Waals surface area contributed by atoms with Gasteiger partial charge in [-0.25, -0.2) is 0 Å². The first-order valence-electron chi connectivity index (χ1n) is 9.25. The first-order chi connectivity index (χ1) is 13.4. The highest BCUT2D eigenvalue weighted by molar-refractivity contribution is 7.99. The standard InChI is InChI=1S/C21H23N3O2S/c1-25-19-13-6-5-12-18(19)20-22-23-21(24(20)16-9-3-2-4-10-16)27-15-17-11-7-8-14-26-17/h2-6,9-10,12-13,17H,7-8,11,14-15H2,1H3/t17-/m0/s1. The van der Waals surface area contributed by atoms with E-state index in [2.05, 4.69) is 26.9 Å². The SMILES string of the molecule is COc1ccccc1-c1nnc(SC[C@@H]2CCCCO2)n1-c1ccccc1. The monoisotopic (exact) mass is 381 g/mol. The summed E-state index contributed by atoms with van der Waals surface area (Å²) in [6.45, 7) is 0.864. The molecule has 3 aromatic rings. The molecule has 1 aromatic heterocycles. The van der Waals surface area contributed by atoms with Gasteiger partial charge in [-0.05, 0) is 43.5 Å². The van der Waals surface area contributed by atoms with Gasteiger partial charge in [0.05, 0.1) is 18.8 Å². The molecule has 2 heterocycles. The molecule has 1 aliphatic heterocycles. The van der Waals surface area contributed by atoms with Crippen molar-refractivity contribution in [3.8, 4) is 22.8 Å². The van der Waals surface area contributed by atoms with Crippen molar-refractivity contribution in [1.82, 2.24) is 14.8 Å². The molecular formula is C21H23N3O2S. The Hall–Kier alpha value is -2.31. The van der Waals surface area contributed by atoms with Crippen LogP contribution in [0.4, 0.5) is 0 Å². The number of hydrogen-bond acceptors (Lipinski definition) is 5. The maximum Gasteiger partial charge on any atom is 0.196 e. The van der Waals surface area contributed by atoms with Gasteiger partial charge in [0.1, 0.15) is 5.75 Å². The Morgan fingerprint density at radius 1 is 1.07 bits per heavy atom. The zero-order valence-corrected chi connectivity index (χ0v) is 16.2. The van der Waals surface area contributed by atoms with Crippen molar-refractivity contribution in [2.45, 2.75) is 30.5 Å². The van der Waals surface area contributed by atoms with Gasteiger partial charge in [0, 0.05) is 18.0 Å². The molecule has 5 nitrogen and oxygen atoms in total. The lowest BCUT2D eigenvalue weighted by Gasteiger charge is -2.22. The Labute approximate surface area is 163 Å². The number of thioether (sulfide) groups is 1. The minimum Gasteiger partial charge on any atom is -0.496 e. The fourth-order valence-corrected chi connectivity index (χ4v) is 4.30. The molecule has 1 atom stereocenters. The maximum absolute atomic E-state index is 5.87. The van der Waals surface area contributed by atoms with E-state index in [1.807, 2.05) is 42.5 Å². The normalized spacial score (nSPS) is 17.0. The third kappa shape index (κ3) is 4.01. The van der Waals surface area contributed by atoms with Crippen LogP contribution in [0.3, 0.4) is 0 Å². The van der Waals surface area contributed by atoms with Gasteiger partial charge >= 0.3 is 0 Å².